The summed E-state index contributed by atoms with van der Waals surface area (Å²) in [7, 11) is 1.96. The second-order valence-electron chi connectivity index (χ2n) is 4.10. The van der Waals surface area contributed by atoms with E-state index in [4.69, 9.17) is 16.7 Å². The number of likely N-dealkylation sites (N-methyl/N-ethyl adjacent to an activating group) is 1. The van der Waals surface area contributed by atoms with Crippen molar-refractivity contribution in [3.8, 4) is 0 Å². The van der Waals surface area contributed by atoms with Crippen LogP contribution >= 0.6 is 11.6 Å². The number of aliphatic hydroxyl groups is 1. The molecule has 17 heavy (non-hydrogen) atoms. The average molecular weight is 251 g/mol. The molecule has 1 N–H and O–H groups in total. The van der Waals surface area contributed by atoms with Gasteiger partial charge in [0.2, 0.25) is 0 Å². The minimum absolute atomic E-state index is 0.155. The van der Waals surface area contributed by atoms with Crippen LogP contribution < -0.4 is 0 Å². The van der Waals surface area contributed by atoms with E-state index in [2.05, 4.69) is 4.98 Å². The zero-order chi connectivity index (χ0) is 12.3. The Balaban J connectivity index is 2.38. The molecule has 0 bridgehead atoms. The maximum absolute atomic E-state index is 8.90. The third kappa shape index (κ3) is 2.94. The van der Waals surface area contributed by atoms with Gasteiger partial charge in [0.15, 0.2) is 0 Å². The lowest BCUT2D eigenvalue weighted by Gasteiger charge is -2.16. The van der Waals surface area contributed by atoms with E-state index in [9.17, 15) is 0 Å². The molecule has 1 aromatic heterocycles. The van der Waals surface area contributed by atoms with E-state index in [0.717, 1.165) is 28.0 Å². The van der Waals surface area contributed by atoms with Crippen LogP contribution in [-0.4, -0.2) is 35.2 Å². The Morgan fingerprint density at radius 2 is 2.24 bits per heavy atom. The zero-order valence-electron chi connectivity index (χ0n) is 9.73. The largest absolute Gasteiger partial charge is 0.395 e. The maximum Gasteiger partial charge on any atom is 0.0747 e. The van der Waals surface area contributed by atoms with Crippen molar-refractivity contribution in [1.82, 2.24) is 9.88 Å². The molecule has 0 atom stereocenters. The van der Waals surface area contributed by atoms with E-state index in [1.807, 2.05) is 36.2 Å². The third-order valence-electron chi connectivity index (χ3n) is 2.67. The molecule has 2 rings (SSSR count). The molecule has 2 aromatic rings. The molecular weight excluding hydrogens is 236 g/mol. The summed E-state index contributed by atoms with van der Waals surface area (Å²) in [4.78, 5) is 6.43. The molecule has 0 radical (unpaired) electrons. The van der Waals surface area contributed by atoms with Crippen LogP contribution in [0.1, 0.15) is 5.56 Å². The minimum atomic E-state index is 0.155. The first-order chi connectivity index (χ1) is 8.20. The van der Waals surface area contributed by atoms with Gasteiger partial charge in [-0.05, 0) is 30.8 Å². The van der Waals surface area contributed by atoms with Crippen molar-refractivity contribution < 1.29 is 5.11 Å². The van der Waals surface area contributed by atoms with Gasteiger partial charge >= 0.3 is 0 Å². The Kier molecular flexibility index (Phi) is 3.94. The van der Waals surface area contributed by atoms with Crippen molar-refractivity contribution in [3.63, 3.8) is 0 Å². The number of halogens is 1. The summed E-state index contributed by atoms with van der Waals surface area (Å²) >= 11 is 6.09. The fourth-order valence-corrected chi connectivity index (χ4v) is 2.14. The van der Waals surface area contributed by atoms with Gasteiger partial charge < -0.3 is 5.11 Å². The number of aromatic nitrogens is 1. The molecule has 0 aliphatic heterocycles. The number of fused-ring (bicyclic) bond motifs is 1. The molecule has 0 saturated heterocycles. The molecule has 0 fully saturated rings. The molecule has 3 nitrogen and oxygen atoms in total. The topological polar surface area (TPSA) is 36.4 Å². The van der Waals surface area contributed by atoms with Crippen LogP contribution in [0.5, 0.6) is 0 Å². The van der Waals surface area contributed by atoms with E-state index in [-0.39, 0.29) is 6.61 Å². The van der Waals surface area contributed by atoms with Crippen LogP contribution in [0, 0.1) is 0 Å². The van der Waals surface area contributed by atoms with Crippen molar-refractivity contribution >= 4 is 22.5 Å². The van der Waals surface area contributed by atoms with Crippen LogP contribution in [0.25, 0.3) is 10.9 Å². The summed E-state index contributed by atoms with van der Waals surface area (Å²) in [5.41, 5.74) is 2.06. The fraction of sp³-hybridized carbons (Fsp3) is 0.308. The summed E-state index contributed by atoms with van der Waals surface area (Å²) in [5.74, 6) is 0. The van der Waals surface area contributed by atoms with Crippen LogP contribution in [0.3, 0.4) is 0 Å². The van der Waals surface area contributed by atoms with Crippen molar-refractivity contribution in [1.29, 1.82) is 0 Å². The molecule has 90 valence electrons. The van der Waals surface area contributed by atoms with Gasteiger partial charge in [-0.2, -0.15) is 0 Å². The lowest BCUT2D eigenvalue weighted by molar-refractivity contribution is 0.217. The van der Waals surface area contributed by atoms with Crippen molar-refractivity contribution in [2.24, 2.45) is 0 Å². The second kappa shape index (κ2) is 5.45. The van der Waals surface area contributed by atoms with Gasteiger partial charge in [-0.25, -0.2) is 0 Å². The van der Waals surface area contributed by atoms with Gasteiger partial charge in [-0.3, -0.25) is 9.88 Å². The van der Waals surface area contributed by atoms with E-state index in [0.29, 0.717) is 6.54 Å². The quantitative estimate of drug-likeness (QED) is 0.905. The second-order valence-corrected chi connectivity index (χ2v) is 4.54. The van der Waals surface area contributed by atoms with Crippen LogP contribution in [-0.2, 0) is 6.54 Å². The molecule has 0 saturated carbocycles. The van der Waals surface area contributed by atoms with Crippen LogP contribution in [0.2, 0.25) is 5.02 Å². The number of rotatable bonds is 4. The Hall–Kier alpha value is -1.16. The Bertz CT molecular complexity index is 516. The van der Waals surface area contributed by atoms with Crippen molar-refractivity contribution in [2.45, 2.75) is 6.54 Å². The van der Waals surface area contributed by atoms with Gasteiger partial charge in [0.1, 0.15) is 0 Å². The third-order valence-corrected chi connectivity index (χ3v) is 2.89. The molecule has 4 heteroatoms. The minimum Gasteiger partial charge on any atom is -0.395 e. The van der Waals surface area contributed by atoms with E-state index in [1.165, 1.54) is 0 Å². The standard InChI is InChI=1S/C13H15ClN2O/c1-16(5-6-17)9-11-8-12(14)7-10-3-2-4-15-13(10)11/h2-4,7-8,17H,5-6,9H2,1H3. The summed E-state index contributed by atoms with van der Waals surface area (Å²) < 4.78 is 0. The monoisotopic (exact) mass is 250 g/mol. The van der Waals surface area contributed by atoms with Gasteiger partial charge in [0, 0.05) is 29.7 Å². The predicted molar refractivity (Wildman–Crippen MR) is 70.2 cm³/mol. The van der Waals surface area contributed by atoms with E-state index >= 15 is 0 Å². The van der Waals surface area contributed by atoms with Gasteiger partial charge in [-0.15, -0.1) is 0 Å². The summed E-state index contributed by atoms with van der Waals surface area (Å²) in [5, 5.41) is 10.7. The first-order valence-corrected chi connectivity index (χ1v) is 5.91. The Morgan fingerprint density at radius 1 is 1.41 bits per heavy atom. The van der Waals surface area contributed by atoms with Crippen molar-refractivity contribution in [2.75, 3.05) is 20.2 Å². The Labute approximate surface area is 106 Å². The van der Waals surface area contributed by atoms with Gasteiger partial charge in [0.25, 0.3) is 0 Å². The first kappa shape index (κ1) is 12.3. The number of pyridine rings is 1. The highest BCUT2D eigenvalue weighted by Crippen LogP contribution is 2.23. The highest BCUT2D eigenvalue weighted by Gasteiger charge is 2.07. The normalized spacial score (nSPS) is 11.3. The number of hydrogen-bond acceptors (Lipinski definition) is 3. The number of nitrogens with zero attached hydrogens (tertiary/aromatic N) is 2. The molecule has 0 spiro atoms. The molecule has 0 aliphatic carbocycles. The molecule has 0 unspecified atom stereocenters. The molecule has 0 aliphatic rings. The van der Waals surface area contributed by atoms with Gasteiger partial charge in [0.05, 0.1) is 12.1 Å². The Morgan fingerprint density at radius 3 is 3.00 bits per heavy atom. The smallest absolute Gasteiger partial charge is 0.0747 e. The highest BCUT2D eigenvalue weighted by atomic mass is 35.5. The molecule has 0 amide bonds. The predicted octanol–water partition coefficient (Wildman–Crippen LogP) is 2.31. The molecule has 1 aromatic carbocycles. The fourth-order valence-electron chi connectivity index (χ4n) is 1.89. The number of hydrogen-bond donors (Lipinski definition) is 1. The van der Waals surface area contributed by atoms with E-state index < -0.39 is 0 Å². The highest BCUT2D eigenvalue weighted by molar-refractivity contribution is 6.31. The lowest BCUT2D eigenvalue weighted by Crippen LogP contribution is -2.21. The van der Waals surface area contributed by atoms with Crippen LogP contribution in [0.4, 0.5) is 0 Å². The first-order valence-electron chi connectivity index (χ1n) is 5.53. The van der Waals surface area contributed by atoms with Crippen LogP contribution in [0.15, 0.2) is 30.5 Å². The summed E-state index contributed by atoms with van der Waals surface area (Å²) in [6.45, 7) is 1.53. The summed E-state index contributed by atoms with van der Waals surface area (Å²) in [6, 6.07) is 7.76. The average Bonchev–Trinajstić information content (AvgIpc) is 2.29. The van der Waals surface area contributed by atoms with Gasteiger partial charge in [-0.1, -0.05) is 17.7 Å². The van der Waals surface area contributed by atoms with E-state index in [1.54, 1.807) is 6.20 Å². The zero-order valence-corrected chi connectivity index (χ0v) is 10.5. The van der Waals surface area contributed by atoms with Crippen molar-refractivity contribution in [3.05, 3.63) is 41.0 Å². The molecular formula is C13H15ClN2O. The summed E-state index contributed by atoms with van der Waals surface area (Å²) in [6.07, 6.45) is 1.78. The number of aliphatic hydroxyl groups excluding tert-OH is 1. The SMILES string of the molecule is CN(CCO)Cc1cc(Cl)cc2cccnc12. The lowest BCUT2D eigenvalue weighted by atomic mass is 10.1. The maximum atomic E-state index is 8.90. The molecule has 1 heterocycles. The number of benzene rings is 1.